The number of carbonyl (C=O) groups is 1. The van der Waals surface area contributed by atoms with Gasteiger partial charge in [0.15, 0.2) is 6.61 Å². The van der Waals surface area contributed by atoms with Crippen LogP contribution in [0.1, 0.15) is 6.42 Å². The van der Waals surface area contributed by atoms with Gasteiger partial charge in [-0.3, -0.25) is 4.79 Å². The molecule has 0 aliphatic carbocycles. The molecule has 0 aliphatic heterocycles. The van der Waals surface area contributed by atoms with E-state index < -0.39 is 11.7 Å². The third-order valence-electron chi connectivity index (χ3n) is 3.08. The summed E-state index contributed by atoms with van der Waals surface area (Å²) in [5.74, 6) is -0.613. The second-order valence-corrected chi connectivity index (χ2v) is 5.03. The molecule has 0 atom stereocenters. The molecule has 0 radical (unpaired) electrons. The van der Waals surface area contributed by atoms with Crippen LogP contribution >= 0.6 is 11.6 Å². The molecule has 0 fully saturated rings. The quantitative estimate of drug-likeness (QED) is 0.808. The molecule has 0 aliphatic rings. The highest BCUT2D eigenvalue weighted by atomic mass is 35.5. The number of nitrogens with zero attached hydrogens (tertiary/aromatic N) is 2. The molecule has 2 aromatic rings. The third kappa shape index (κ3) is 4.44. The van der Waals surface area contributed by atoms with Crippen molar-refractivity contribution in [2.24, 2.45) is 0 Å². The minimum atomic E-state index is -0.531. The molecular formula is C17H14ClFN2O2. The lowest BCUT2D eigenvalue weighted by molar-refractivity contribution is -0.120. The van der Waals surface area contributed by atoms with Crippen molar-refractivity contribution in [2.45, 2.75) is 6.42 Å². The third-order valence-corrected chi connectivity index (χ3v) is 3.39. The molecule has 4 nitrogen and oxygen atoms in total. The van der Waals surface area contributed by atoms with Crippen molar-refractivity contribution in [2.75, 3.05) is 18.1 Å². The number of halogens is 2. The molecule has 0 spiro atoms. The zero-order valence-corrected chi connectivity index (χ0v) is 13.0. The Morgan fingerprint density at radius 3 is 2.61 bits per heavy atom. The maximum atomic E-state index is 13.9. The van der Waals surface area contributed by atoms with Gasteiger partial charge in [-0.15, -0.1) is 0 Å². The van der Waals surface area contributed by atoms with Gasteiger partial charge >= 0.3 is 0 Å². The van der Waals surface area contributed by atoms with Crippen molar-refractivity contribution in [3.05, 3.63) is 59.4 Å². The van der Waals surface area contributed by atoms with Gasteiger partial charge < -0.3 is 9.64 Å². The molecule has 1 amide bonds. The SMILES string of the molecule is N#CCCN(C(=O)COc1ccccc1Cl)c1ccccc1F. The van der Waals surface area contributed by atoms with Crippen molar-refractivity contribution in [3.8, 4) is 11.8 Å². The van der Waals surface area contributed by atoms with Crippen LogP contribution in [0, 0.1) is 17.1 Å². The van der Waals surface area contributed by atoms with Crippen LogP contribution in [0.5, 0.6) is 5.75 Å². The average Bonchev–Trinajstić information content (AvgIpc) is 2.56. The van der Waals surface area contributed by atoms with E-state index in [0.717, 1.165) is 0 Å². The summed E-state index contributed by atoms with van der Waals surface area (Å²) in [6, 6.07) is 14.6. The normalized spacial score (nSPS) is 9.96. The molecule has 2 aromatic carbocycles. The summed E-state index contributed by atoms with van der Waals surface area (Å²) in [4.78, 5) is 13.6. The van der Waals surface area contributed by atoms with Gasteiger partial charge in [0.1, 0.15) is 11.6 Å². The summed E-state index contributed by atoms with van der Waals surface area (Å²) in [6.07, 6.45) is 0.0895. The van der Waals surface area contributed by atoms with Crippen molar-refractivity contribution in [1.29, 1.82) is 5.26 Å². The molecule has 2 rings (SSSR count). The maximum absolute atomic E-state index is 13.9. The predicted octanol–water partition coefficient (Wildman–Crippen LogP) is 3.80. The highest BCUT2D eigenvalue weighted by Gasteiger charge is 2.19. The molecule has 6 heteroatoms. The molecule has 0 saturated carbocycles. The second-order valence-electron chi connectivity index (χ2n) is 4.62. The highest BCUT2D eigenvalue weighted by Crippen LogP contribution is 2.24. The summed E-state index contributed by atoms with van der Waals surface area (Å²) in [7, 11) is 0. The number of amides is 1. The summed E-state index contributed by atoms with van der Waals surface area (Å²) < 4.78 is 19.3. The molecule has 118 valence electrons. The second kappa shape index (κ2) is 8.16. The van der Waals surface area contributed by atoms with E-state index in [9.17, 15) is 9.18 Å². The van der Waals surface area contributed by atoms with Crippen LogP contribution in [0.4, 0.5) is 10.1 Å². The van der Waals surface area contributed by atoms with E-state index in [1.165, 1.54) is 23.1 Å². The van der Waals surface area contributed by atoms with Crippen LogP contribution < -0.4 is 9.64 Å². The number of benzene rings is 2. The fraction of sp³-hybridized carbons (Fsp3) is 0.176. The lowest BCUT2D eigenvalue weighted by Gasteiger charge is -2.22. The first-order chi connectivity index (χ1) is 11.1. The average molecular weight is 333 g/mol. The molecule has 23 heavy (non-hydrogen) atoms. The Labute approximate surface area is 138 Å². The Balaban J connectivity index is 2.13. The predicted molar refractivity (Wildman–Crippen MR) is 85.9 cm³/mol. The van der Waals surface area contributed by atoms with Gasteiger partial charge in [0, 0.05) is 6.54 Å². The zero-order chi connectivity index (χ0) is 16.7. The monoisotopic (exact) mass is 332 g/mol. The Kier molecular flexibility index (Phi) is 5.95. The fourth-order valence-electron chi connectivity index (χ4n) is 1.99. The number of anilines is 1. The van der Waals surface area contributed by atoms with Gasteiger partial charge in [0.05, 0.1) is 23.2 Å². The van der Waals surface area contributed by atoms with E-state index in [4.69, 9.17) is 21.6 Å². The molecule has 0 saturated heterocycles. The van der Waals surface area contributed by atoms with E-state index in [1.54, 1.807) is 30.3 Å². The van der Waals surface area contributed by atoms with E-state index in [2.05, 4.69) is 0 Å². The van der Waals surface area contributed by atoms with Gasteiger partial charge in [-0.05, 0) is 24.3 Å². The molecule has 0 unspecified atom stereocenters. The van der Waals surface area contributed by atoms with E-state index in [0.29, 0.717) is 10.8 Å². The number of para-hydroxylation sites is 2. The minimum Gasteiger partial charge on any atom is -0.482 e. The Morgan fingerprint density at radius 2 is 1.91 bits per heavy atom. The Hall–Kier alpha value is -2.58. The number of hydrogen-bond donors (Lipinski definition) is 0. The zero-order valence-electron chi connectivity index (χ0n) is 12.2. The largest absolute Gasteiger partial charge is 0.482 e. The Morgan fingerprint density at radius 1 is 1.22 bits per heavy atom. The number of nitriles is 1. The van der Waals surface area contributed by atoms with E-state index >= 15 is 0 Å². The molecule has 0 heterocycles. The number of ether oxygens (including phenoxy) is 1. The first-order valence-electron chi connectivity index (χ1n) is 6.92. The van der Waals surface area contributed by atoms with Gasteiger partial charge in [0.25, 0.3) is 5.91 Å². The molecule has 0 aromatic heterocycles. The number of hydrogen-bond acceptors (Lipinski definition) is 3. The number of rotatable bonds is 6. The summed E-state index contributed by atoms with van der Waals surface area (Å²) in [5, 5.41) is 9.11. The Bertz CT molecular complexity index is 731. The molecular weight excluding hydrogens is 319 g/mol. The van der Waals surface area contributed by atoms with Crippen LogP contribution in [-0.4, -0.2) is 19.1 Å². The van der Waals surface area contributed by atoms with Crippen molar-refractivity contribution in [1.82, 2.24) is 0 Å². The summed E-state index contributed by atoms with van der Waals surface area (Å²) >= 11 is 5.96. The maximum Gasteiger partial charge on any atom is 0.265 e. The minimum absolute atomic E-state index is 0.0855. The fourth-order valence-corrected chi connectivity index (χ4v) is 2.18. The van der Waals surface area contributed by atoms with Crippen LogP contribution in [0.15, 0.2) is 48.5 Å². The first-order valence-corrected chi connectivity index (χ1v) is 7.30. The summed E-state index contributed by atoms with van der Waals surface area (Å²) in [5.41, 5.74) is 0.121. The van der Waals surface area contributed by atoms with Gasteiger partial charge in [0.2, 0.25) is 0 Å². The summed E-state index contributed by atoms with van der Waals surface area (Å²) in [6.45, 7) is -0.217. The standard InChI is InChI=1S/C17H14ClFN2O2/c18-13-6-1-4-9-16(13)23-12-17(22)21(11-5-10-20)15-8-3-2-7-14(15)19/h1-4,6-9H,5,11-12H2. The van der Waals surface area contributed by atoms with Crippen molar-refractivity contribution < 1.29 is 13.9 Å². The number of carbonyl (C=O) groups excluding carboxylic acids is 1. The van der Waals surface area contributed by atoms with E-state index in [-0.39, 0.29) is 25.3 Å². The first kappa shape index (κ1) is 16.8. The van der Waals surface area contributed by atoms with Gasteiger partial charge in [-0.2, -0.15) is 5.26 Å². The lowest BCUT2D eigenvalue weighted by Crippen LogP contribution is -2.36. The van der Waals surface area contributed by atoms with Crippen LogP contribution in [-0.2, 0) is 4.79 Å². The topological polar surface area (TPSA) is 53.3 Å². The smallest absolute Gasteiger partial charge is 0.265 e. The van der Waals surface area contributed by atoms with Gasteiger partial charge in [-0.25, -0.2) is 4.39 Å². The lowest BCUT2D eigenvalue weighted by atomic mass is 10.2. The van der Waals surface area contributed by atoms with Crippen LogP contribution in [0.2, 0.25) is 5.02 Å². The van der Waals surface area contributed by atoms with Gasteiger partial charge in [-0.1, -0.05) is 35.9 Å². The van der Waals surface area contributed by atoms with Crippen molar-refractivity contribution >= 4 is 23.2 Å². The van der Waals surface area contributed by atoms with Crippen LogP contribution in [0.25, 0.3) is 0 Å². The molecule has 0 bridgehead atoms. The van der Waals surface area contributed by atoms with Crippen LogP contribution in [0.3, 0.4) is 0 Å². The van der Waals surface area contributed by atoms with E-state index in [1.807, 2.05) is 6.07 Å². The molecule has 0 N–H and O–H groups in total. The highest BCUT2D eigenvalue weighted by molar-refractivity contribution is 6.32. The van der Waals surface area contributed by atoms with Crippen molar-refractivity contribution in [3.63, 3.8) is 0 Å².